The van der Waals surface area contributed by atoms with Crippen molar-refractivity contribution in [3.05, 3.63) is 29.6 Å². The second-order valence-corrected chi connectivity index (χ2v) is 4.51. The van der Waals surface area contributed by atoms with Gasteiger partial charge < -0.3 is 15.3 Å². The molecular weight excluding hydrogens is 231 g/mol. The van der Waals surface area contributed by atoms with Crippen molar-refractivity contribution in [3.63, 3.8) is 0 Å². The van der Waals surface area contributed by atoms with Crippen molar-refractivity contribution in [3.8, 4) is 0 Å². The van der Waals surface area contributed by atoms with Gasteiger partial charge in [-0.2, -0.15) is 0 Å². The van der Waals surface area contributed by atoms with E-state index in [-0.39, 0.29) is 12.4 Å². The molecule has 3 nitrogen and oxygen atoms in total. The lowest BCUT2D eigenvalue weighted by molar-refractivity contribution is 0.113. The molecule has 1 aromatic carbocycles. The van der Waals surface area contributed by atoms with Crippen molar-refractivity contribution in [2.24, 2.45) is 0 Å². The monoisotopic (exact) mass is 246 g/mol. The Bertz CT molecular complexity index is 344. The lowest BCUT2D eigenvalue weighted by atomic mass is 10.1. The molecule has 2 atom stereocenters. The fourth-order valence-electron chi connectivity index (χ4n) is 1.24. The van der Waals surface area contributed by atoms with E-state index >= 15 is 0 Å². The van der Waals surface area contributed by atoms with Crippen molar-refractivity contribution in [1.29, 1.82) is 0 Å². The van der Waals surface area contributed by atoms with Crippen LogP contribution in [0, 0.1) is 5.82 Å². The van der Waals surface area contributed by atoms with Gasteiger partial charge in [-0.05, 0) is 18.6 Å². The topological polar surface area (TPSA) is 60.7 Å². The average Bonchev–Trinajstić information content (AvgIpc) is 2.26. The number of hydrogen-bond acceptors (Lipinski definition) is 4. The van der Waals surface area contributed by atoms with Gasteiger partial charge in [0.25, 0.3) is 0 Å². The summed E-state index contributed by atoms with van der Waals surface area (Å²) in [5.41, 5.74) is 0.495. The van der Waals surface area contributed by atoms with Crippen LogP contribution in [0.5, 0.6) is 0 Å². The zero-order chi connectivity index (χ0) is 12.1. The van der Waals surface area contributed by atoms with Crippen LogP contribution in [-0.4, -0.2) is 33.8 Å². The molecule has 0 saturated carbocycles. The Morgan fingerprint density at radius 3 is 2.62 bits per heavy atom. The van der Waals surface area contributed by atoms with Crippen molar-refractivity contribution < 1.29 is 19.7 Å². The van der Waals surface area contributed by atoms with Crippen LogP contribution in [0.1, 0.15) is 18.6 Å². The van der Waals surface area contributed by atoms with Gasteiger partial charge >= 0.3 is 0 Å². The van der Waals surface area contributed by atoms with E-state index in [9.17, 15) is 14.6 Å². The summed E-state index contributed by atoms with van der Waals surface area (Å²) in [4.78, 5) is 0.324. The molecule has 3 N–H and O–H groups in total. The normalized spacial score (nSPS) is 14.8. The van der Waals surface area contributed by atoms with Crippen molar-refractivity contribution >= 4 is 11.8 Å². The number of aliphatic hydroxyl groups is 3. The van der Waals surface area contributed by atoms with Crippen LogP contribution >= 0.6 is 11.8 Å². The van der Waals surface area contributed by atoms with E-state index in [1.54, 1.807) is 13.0 Å². The van der Waals surface area contributed by atoms with E-state index in [0.717, 1.165) is 11.8 Å². The second-order valence-electron chi connectivity index (χ2n) is 3.48. The summed E-state index contributed by atoms with van der Waals surface area (Å²) < 4.78 is 13.5. The largest absolute Gasteiger partial charge is 0.394 e. The lowest BCUT2D eigenvalue weighted by Crippen LogP contribution is -2.15. The Labute approximate surface area is 97.9 Å². The van der Waals surface area contributed by atoms with Gasteiger partial charge in [-0.3, -0.25) is 0 Å². The molecule has 90 valence electrons. The fraction of sp³-hybridized carbons (Fsp3) is 0.455. The summed E-state index contributed by atoms with van der Waals surface area (Å²) in [6.07, 6.45) is -1.64. The van der Waals surface area contributed by atoms with E-state index in [1.165, 1.54) is 12.1 Å². The summed E-state index contributed by atoms with van der Waals surface area (Å²) in [5.74, 6) is -0.231. The first-order chi connectivity index (χ1) is 7.56. The third-order valence-electron chi connectivity index (χ3n) is 2.08. The van der Waals surface area contributed by atoms with Gasteiger partial charge in [0.05, 0.1) is 18.8 Å². The van der Waals surface area contributed by atoms with Crippen LogP contribution in [0.4, 0.5) is 4.39 Å². The minimum absolute atomic E-state index is 0.192. The third-order valence-corrected chi connectivity index (χ3v) is 3.35. The van der Waals surface area contributed by atoms with Crippen molar-refractivity contribution in [1.82, 2.24) is 0 Å². The molecular formula is C11H15FO3S. The van der Waals surface area contributed by atoms with Gasteiger partial charge in [0.1, 0.15) is 5.82 Å². The molecule has 0 radical (unpaired) electrons. The molecule has 16 heavy (non-hydrogen) atoms. The Hall–Kier alpha value is -0.620. The quantitative estimate of drug-likeness (QED) is 0.686. The highest BCUT2D eigenvalue weighted by Crippen LogP contribution is 2.30. The smallest absolute Gasteiger partial charge is 0.137 e. The summed E-state index contributed by atoms with van der Waals surface area (Å²) in [6.45, 7) is 1.20. The van der Waals surface area contributed by atoms with Crippen molar-refractivity contribution in [2.45, 2.75) is 24.0 Å². The Kier molecular flexibility index (Phi) is 5.21. The number of hydrogen-bond donors (Lipinski definition) is 3. The lowest BCUT2D eigenvalue weighted by Gasteiger charge is -2.13. The van der Waals surface area contributed by atoms with E-state index in [4.69, 9.17) is 5.11 Å². The summed E-state index contributed by atoms with van der Waals surface area (Å²) in [6, 6.07) is 4.48. The SMILES string of the molecule is C[C@@H](O)c1cccc(F)c1SCC(O)CO. The molecule has 0 aliphatic heterocycles. The molecule has 1 rings (SSSR count). The number of benzene rings is 1. The predicted octanol–water partition coefficient (Wildman–Crippen LogP) is 1.32. The highest BCUT2D eigenvalue weighted by Gasteiger charge is 2.14. The summed E-state index contributed by atoms with van der Waals surface area (Å²) >= 11 is 1.09. The van der Waals surface area contributed by atoms with Gasteiger partial charge in [0, 0.05) is 10.6 Å². The molecule has 0 bridgehead atoms. The van der Waals surface area contributed by atoms with Gasteiger partial charge in [0.2, 0.25) is 0 Å². The van der Waals surface area contributed by atoms with E-state index in [0.29, 0.717) is 10.5 Å². The molecule has 1 unspecified atom stereocenters. The molecule has 0 aliphatic carbocycles. The zero-order valence-corrected chi connectivity index (χ0v) is 9.75. The molecule has 1 aromatic rings. The predicted molar refractivity (Wildman–Crippen MR) is 60.9 cm³/mol. The van der Waals surface area contributed by atoms with Crippen molar-refractivity contribution in [2.75, 3.05) is 12.4 Å². The third kappa shape index (κ3) is 3.45. The highest BCUT2D eigenvalue weighted by atomic mass is 32.2. The molecule has 0 heterocycles. The molecule has 0 fully saturated rings. The minimum Gasteiger partial charge on any atom is -0.394 e. The molecule has 0 spiro atoms. The Balaban J connectivity index is 2.84. The maximum atomic E-state index is 13.5. The first kappa shape index (κ1) is 13.4. The average molecular weight is 246 g/mol. The van der Waals surface area contributed by atoms with Crippen LogP contribution < -0.4 is 0 Å². The second kappa shape index (κ2) is 6.20. The summed E-state index contributed by atoms with van der Waals surface area (Å²) in [7, 11) is 0. The van der Waals surface area contributed by atoms with Crippen LogP contribution in [0.2, 0.25) is 0 Å². The van der Waals surface area contributed by atoms with Gasteiger partial charge in [-0.25, -0.2) is 4.39 Å². The first-order valence-corrected chi connectivity index (χ1v) is 5.93. The maximum Gasteiger partial charge on any atom is 0.137 e. The number of rotatable bonds is 5. The Morgan fingerprint density at radius 1 is 1.38 bits per heavy atom. The number of aliphatic hydroxyl groups excluding tert-OH is 3. The number of thioether (sulfide) groups is 1. The van der Waals surface area contributed by atoms with Gasteiger partial charge in [-0.1, -0.05) is 12.1 Å². The van der Waals surface area contributed by atoms with E-state index < -0.39 is 18.0 Å². The molecule has 0 amide bonds. The summed E-state index contributed by atoms with van der Waals surface area (Å²) in [5, 5.41) is 27.3. The van der Waals surface area contributed by atoms with Gasteiger partial charge in [-0.15, -0.1) is 11.8 Å². The van der Waals surface area contributed by atoms with Crippen LogP contribution in [0.15, 0.2) is 23.1 Å². The maximum absolute atomic E-state index is 13.5. The highest BCUT2D eigenvalue weighted by molar-refractivity contribution is 7.99. The standard InChI is InChI=1S/C11H15FO3S/c1-7(14)9-3-2-4-10(12)11(9)16-6-8(15)5-13/h2-4,7-8,13-15H,5-6H2,1H3/t7-,8?/m1/s1. The first-order valence-electron chi connectivity index (χ1n) is 4.94. The molecule has 0 saturated heterocycles. The van der Waals surface area contributed by atoms with Crippen LogP contribution in [0.3, 0.4) is 0 Å². The molecule has 0 aliphatic rings. The minimum atomic E-state index is -0.883. The Morgan fingerprint density at radius 2 is 2.06 bits per heavy atom. The van der Waals surface area contributed by atoms with Crippen LogP contribution in [0.25, 0.3) is 0 Å². The molecule has 5 heteroatoms. The fourth-order valence-corrected chi connectivity index (χ4v) is 2.31. The van der Waals surface area contributed by atoms with Crippen LogP contribution in [-0.2, 0) is 0 Å². The molecule has 0 aromatic heterocycles. The van der Waals surface area contributed by atoms with E-state index in [2.05, 4.69) is 0 Å². The van der Waals surface area contributed by atoms with E-state index in [1.807, 2.05) is 0 Å². The van der Waals surface area contributed by atoms with Gasteiger partial charge in [0.15, 0.2) is 0 Å². The zero-order valence-electron chi connectivity index (χ0n) is 8.93. The number of halogens is 1.